The average Bonchev–Trinajstić information content (AvgIpc) is 2.69. The summed E-state index contributed by atoms with van der Waals surface area (Å²) in [5.74, 6) is -0.847. The van der Waals surface area contributed by atoms with E-state index in [1.54, 1.807) is 11.0 Å². The van der Waals surface area contributed by atoms with E-state index in [1.165, 1.54) is 12.1 Å². The van der Waals surface area contributed by atoms with E-state index in [0.717, 1.165) is 5.56 Å². The van der Waals surface area contributed by atoms with Gasteiger partial charge in [-0.05, 0) is 56.7 Å². The SMILES string of the molecule is CC(C)(C)NC(=O)c1cccc(CN2CCN(C(=O)c3ccc(N)c(F)c3)CC2)c1. The number of hydrogen-bond donors (Lipinski definition) is 2. The van der Waals surface area contributed by atoms with Gasteiger partial charge in [-0.1, -0.05) is 12.1 Å². The topological polar surface area (TPSA) is 78.7 Å². The Morgan fingerprint density at radius 1 is 1.03 bits per heavy atom. The number of nitrogens with one attached hydrogen (secondary N) is 1. The Kier molecular flexibility index (Phi) is 6.41. The summed E-state index contributed by atoms with van der Waals surface area (Å²) in [5, 5.41) is 2.98. The Morgan fingerprint density at radius 3 is 2.37 bits per heavy atom. The van der Waals surface area contributed by atoms with Crippen LogP contribution in [0, 0.1) is 5.82 Å². The highest BCUT2D eigenvalue weighted by Gasteiger charge is 2.23. The molecule has 2 aromatic carbocycles. The van der Waals surface area contributed by atoms with E-state index >= 15 is 0 Å². The number of nitrogen functional groups attached to an aromatic ring is 1. The molecule has 3 rings (SSSR count). The molecule has 0 radical (unpaired) electrons. The molecule has 7 heteroatoms. The molecular weight excluding hydrogens is 383 g/mol. The third kappa shape index (κ3) is 5.57. The minimum absolute atomic E-state index is 0.0368. The van der Waals surface area contributed by atoms with Crippen molar-refractivity contribution in [1.29, 1.82) is 0 Å². The highest BCUT2D eigenvalue weighted by Crippen LogP contribution is 2.16. The molecular formula is C23H29FN4O2. The van der Waals surface area contributed by atoms with Crippen molar-refractivity contribution in [1.82, 2.24) is 15.1 Å². The Balaban J connectivity index is 1.57. The van der Waals surface area contributed by atoms with Gasteiger partial charge in [0.25, 0.3) is 11.8 Å². The number of benzene rings is 2. The first kappa shape index (κ1) is 21.8. The Morgan fingerprint density at radius 2 is 1.73 bits per heavy atom. The summed E-state index contributed by atoms with van der Waals surface area (Å²) in [6, 6.07) is 11.8. The van der Waals surface area contributed by atoms with Gasteiger partial charge in [-0.15, -0.1) is 0 Å². The lowest BCUT2D eigenvalue weighted by Gasteiger charge is -2.35. The molecule has 0 spiro atoms. The molecule has 1 fully saturated rings. The highest BCUT2D eigenvalue weighted by molar-refractivity contribution is 5.95. The molecule has 0 unspecified atom stereocenters. The molecule has 0 saturated carbocycles. The van der Waals surface area contributed by atoms with Crippen LogP contribution in [0.3, 0.4) is 0 Å². The smallest absolute Gasteiger partial charge is 0.254 e. The maximum atomic E-state index is 13.7. The van der Waals surface area contributed by atoms with E-state index < -0.39 is 5.82 Å². The summed E-state index contributed by atoms with van der Waals surface area (Å²) in [4.78, 5) is 29.0. The quantitative estimate of drug-likeness (QED) is 0.757. The fourth-order valence-electron chi connectivity index (χ4n) is 3.43. The number of amides is 2. The number of nitrogens with two attached hydrogens (primary N) is 1. The van der Waals surface area contributed by atoms with Gasteiger partial charge in [0.15, 0.2) is 0 Å². The van der Waals surface area contributed by atoms with Crippen molar-refractivity contribution in [2.45, 2.75) is 32.9 Å². The first-order valence-electron chi connectivity index (χ1n) is 10.1. The van der Waals surface area contributed by atoms with Crippen LogP contribution in [0.4, 0.5) is 10.1 Å². The van der Waals surface area contributed by atoms with E-state index in [0.29, 0.717) is 43.9 Å². The summed E-state index contributed by atoms with van der Waals surface area (Å²) in [6.07, 6.45) is 0. The zero-order chi connectivity index (χ0) is 21.9. The van der Waals surface area contributed by atoms with Gasteiger partial charge in [0.1, 0.15) is 5.82 Å². The van der Waals surface area contributed by atoms with Crippen LogP contribution in [0.2, 0.25) is 0 Å². The Labute approximate surface area is 176 Å². The number of halogens is 1. The second kappa shape index (κ2) is 8.83. The third-order valence-electron chi connectivity index (χ3n) is 4.99. The minimum Gasteiger partial charge on any atom is -0.396 e. The van der Waals surface area contributed by atoms with E-state index in [1.807, 2.05) is 45.0 Å². The van der Waals surface area contributed by atoms with E-state index in [4.69, 9.17) is 5.73 Å². The molecule has 3 N–H and O–H groups in total. The van der Waals surface area contributed by atoms with Gasteiger partial charge in [0, 0.05) is 49.4 Å². The predicted molar refractivity (Wildman–Crippen MR) is 116 cm³/mol. The largest absolute Gasteiger partial charge is 0.396 e. The molecule has 6 nitrogen and oxygen atoms in total. The molecule has 160 valence electrons. The number of piperazine rings is 1. The van der Waals surface area contributed by atoms with Crippen LogP contribution in [-0.2, 0) is 6.54 Å². The molecule has 0 aromatic heterocycles. The fourth-order valence-corrected chi connectivity index (χ4v) is 3.43. The lowest BCUT2D eigenvalue weighted by atomic mass is 10.1. The van der Waals surface area contributed by atoms with Crippen LogP contribution in [0.5, 0.6) is 0 Å². The molecule has 0 bridgehead atoms. The van der Waals surface area contributed by atoms with Crippen molar-refractivity contribution in [3.05, 3.63) is 65.0 Å². The summed E-state index contributed by atoms with van der Waals surface area (Å²) in [7, 11) is 0. The summed E-state index contributed by atoms with van der Waals surface area (Å²) >= 11 is 0. The first-order valence-corrected chi connectivity index (χ1v) is 10.1. The number of carbonyl (C=O) groups is 2. The first-order chi connectivity index (χ1) is 14.1. The molecule has 2 aromatic rings. The fraction of sp³-hybridized carbons (Fsp3) is 0.391. The van der Waals surface area contributed by atoms with Crippen molar-refractivity contribution >= 4 is 17.5 Å². The van der Waals surface area contributed by atoms with Crippen LogP contribution < -0.4 is 11.1 Å². The number of hydrogen-bond acceptors (Lipinski definition) is 4. The Bertz CT molecular complexity index is 931. The van der Waals surface area contributed by atoms with Gasteiger partial charge in [0.05, 0.1) is 5.69 Å². The molecule has 30 heavy (non-hydrogen) atoms. The van der Waals surface area contributed by atoms with Gasteiger partial charge in [-0.3, -0.25) is 14.5 Å². The molecule has 0 atom stereocenters. The summed E-state index contributed by atoms with van der Waals surface area (Å²) in [5.41, 5.74) is 7.24. The van der Waals surface area contributed by atoms with Crippen LogP contribution in [0.25, 0.3) is 0 Å². The number of anilines is 1. The van der Waals surface area contributed by atoms with Crippen LogP contribution in [-0.4, -0.2) is 53.3 Å². The van der Waals surface area contributed by atoms with Crippen molar-refractivity contribution < 1.29 is 14.0 Å². The van der Waals surface area contributed by atoms with Crippen LogP contribution in [0.1, 0.15) is 47.1 Å². The second-order valence-electron chi connectivity index (χ2n) is 8.71. The van der Waals surface area contributed by atoms with Crippen molar-refractivity contribution in [2.75, 3.05) is 31.9 Å². The second-order valence-corrected chi connectivity index (χ2v) is 8.71. The van der Waals surface area contributed by atoms with Crippen LogP contribution >= 0.6 is 0 Å². The van der Waals surface area contributed by atoms with E-state index in [-0.39, 0.29) is 23.0 Å². The monoisotopic (exact) mass is 412 g/mol. The average molecular weight is 413 g/mol. The van der Waals surface area contributed by atoms with E-state index in [9.17, 15) is 14.0 Å². The van der Waals surface area contributed by atoms with Gasteiger partial charge < -0.3 is 16.0 Å². The zero-order valence-corrected chi connectivity index (χ0v) is 17.7. The number of nitrogens with zero attached hydrogens (tertiary/aromatic N) is 2. The normalized spacial score (nSPS) is 15.1. The van der Waals surface area contributed by atoms with Gasteiger partial charge >= 0.3 is 0 Å². The molecule has 1 heterocycles. The van der Waals surface area contributed by atoms with Gasteiger partial charge in [-0.2, -0.15) is 0 Å². The number of carbonyl (C=O) groups excluding carboxylic acids is 2. The van der Waals surface area contributed by atoms with Crippen molar-refractivity contribution in [2.24, 2.45) is 0 Å². The maximum Gasteiger partial charge on any atom is 0.254 e. The standard InChI is InChI=1S/C23H29FN4O2/c1-23(2,3)26-21(29)17-6-4-5-16(13-17)15-27-9-11-28(12-10-27)22(30)18-7-8-20(25)19(24)14-18/h4-8,13-14H,9-12,15,25H2,1-3H3,(H,26,29). The maximum absolute atomic E-state index is 13.7. The lowest BCUT2D eigenvalue weighted by Crippen LogP contribution is -2.48. The van der Waals surface area contributed by atoms with Crippen LogP contribution in [0.15, 0.2) is 42.5 Å². The number of rotatable bonds is 4. The Hall–Kier alpha value is -2.93. The molecule has 0 aliphatic carbocycles. The summed E-state index contributed by atoms with van der Waals surface area (Å²) < 4.78 is 13.7. The molecule has 2 amide bonds. The van der Waals surface area contributed by atoms with Gasteiger partial charge in [0.2, 0.25) is 0 Å². The zero-order valence-electron chi connectivity index (χ0n) is 17.7. The molecule has 1 saturated heterocycles. The predicted octanol–water partition coefficient (Wildman–Crippen LogP) is 2.89. The van der Waals surface area contributed by atoms with E-state index in [2.05, 4.69) is 10.2 Å². The highest BCUT2D eigenvalue weighted by atomic mass is 19.1. The van der Waals surface area contributed by atoms with Crippen molar-refractivity contribution in [3.63, 3.8) is 0 Å². The lowest BCUT2D eigenvalue weighted by molar-refractivity contribution is 0.0627. The minimum atomic E-state index is -0.574. The molecule has 1 aliphatic heterocycles. The molecule has 1 aliphatic rings. The summed E-state index contributed by atoms with van der Waals surface area (Å²) in [6.45, 7) is 9.11. The third-order valence-corrected chi connectivity index (χ3v) is 4.99. The van der Waals surface area contributed by atoms with Crippen molar-refractivity contribution in [3.8, 4) is 0 Å². The van der Waals surface area contributed by atoms with Gasteiger partial charge in [-0.25, -0.2) is 4.39 Å².